The zero-order valence-corrected chi connectivity index (χ0v) is 36.6. The lowest BCUT2D eigenvalue weighted by molar-refractivity contribution is -0.161. The number of unbranched alkanes of at least 4 members (excludes halogenated alkanes) is 19. The largest absolute Gasteiger partial charge is 0.472 e. The number of hydrogen-bond donors (Lipinski definition) is 3. The quantitative estimate of drug-likeness (QED) is 0.0233. The summed E-state index contributed by atoms with van der Waals surface area (Å²) in [4.78, 5) is 47.4. The summed E-state index contributed by atoms with van der Waals surface area (Å²) in [5.41, 5.74) is 5.35. The van der Waals surface area contributed by atoms with Crippen molar-refractivity contribution in [1.82, 2.24) is 0 Å². The van der Waals surface area contributed by atoms with Crippen molar-refractivity contribution in [2.45, 2.75) is 193 Å². The Morgan fingerprint density at radius 1 is 0.772 bits per heavy atom. The molecule has 0 saturated carbocycles. The standard InChI is InChI=1S/C45H80NO10P/c1-3-5-7-8-9-10-11-12-13-14-15-16-17-18-19-20-25-29-44(49)53-37-41(38-55-57(51,52)54-36-35-46)56-45(50)30-26-22-21-24-27-39-31-34-43(48)42(39)33-32-40(47)28-23-6-4-2/h21,24,31-34,39-42,47H,3-20,22-23,25-30,35-38,46H2,1-2H3,(H,51,52)/b24-21-,33-32+/t39-,40-,41+,42+/m0/s1. The Balaban J connectivity index is 2.33. The first-order valence-electron chi connectivity index (χ1n) is 22.5. The third-order valence-corrected chi connectivity index (χ3v) is 11.3. The summed E-state index contributed by atoms with van der Waals surface area (Å²) < 4.78 is 32.8. The smallest absolute Gasteiger partial charge is 0.462 e. The Labute approximate surface area is 345 Å². The van der Waals surface area contributed by atoms with Crippen molar-refractivity contribution < 1.29 is 47.5 Å². The molecular formula is C45H80NO10P. The average molecular weight is 826 g/mol. The van der Waals surface area contributed by atoms with Crippen molar-refractivity contribution in [1.29, 1.82) is 0 Å². The van der Waals surface area contributed by atoms with Crippen molar-refractivity contribution in [2.24, 2.45) is 17.6 Å². The number of phosphoric ester groups is 1. The van der Waals surface area contributed by atoms with Gasteiger partial charge in [-0.2, -0.15) is 0 Å². The van der Waals surface area contributed by atoms with Gasteiger partial charge in [-0.05, 0) is 44.1 Å². The second-order valence-electron chi connectivity index (χ2n) is 15.6. The molecule has 0 aromatic carbocycles. The molecule has 0 fully saturated rings. The summed E-state index contributed by atoms with van der Waals surface area (Å²) in [6.45, 7) is 3.41. The molecule has 0 aromatic heterocycles. The lowest BCUT2D eigenvalue weighted by atomic mass is 9.90. The van der Waals surface area contributed by atoms with E-state index in [0.29, 0.717) is 32.1 Å². The molecule has 0 bridgehead atoms. The van der Waals surface area contributed by atoms with E-state index in [2.05, 4.69) is 13.8 Å². The second-order valence-corrected chi connectivity index (χ2v) is 17.0. The number of allylic oxidation sites excluding steroid dienone is 5. The molecule has 5 atom stereocenters. The lowest BCUT2D eigenvalue weighted by Crippen LogP contribution is -2.29. The number of ether oxygens (including phenoxy) is 2. The van der Waals surface area contributed by atoms with Crippen molar-refractivity contribution in [3.05, 3.63) is 36.5 Å². The fraction of sp³-hybridized carbons (Fsp3) is 0.800. The minimum atomic E-state index is -4.43. The number of carbonyl (C=O) groups excluding carboxylic acids is 3. The molecule has 0 aromatic rings. The van der Waals surface area contributed by atoms with Crippen LogP contribution in [-0.4, -0.2) is 66.3 Å². The van der Waals surface area contributed by atoms with E-state index in [-0.39, 0.29) is 50.2 Å². The summed E-state index contributed by atoms with van der Waals surface area (Å²) >= 11 is 0. The monoisotopic (exact) mass is 826 g/mol. The van der Waals surface area contributed by atoms with E-state index in [4.69, 9.17) is 24.3 Å². The van der Waals surface area contributed by atoms with Gasteiger partial charge in [-0.25, -0.2) is 4.57 Å². The molecule has 4 N–H and O–H groups in total. The predicted molar refractivity (Wildman–Crippen MR) is 228 cm³/mol. The van der Waals surface area contributed by atoms with Gasteiger partial charge in [0.15, 0.2) is 11.9 Å². The van der Waals surface area contributed by atoms with Gasteiger partial charge >= 0.3 is 19.8 Å². The number of aliphatic hydroxyl groups excluding tert-OH is 1. The fourth-order valence-electron chi connectivity index (χ4n) is 6.80. The van der Waals surface area contributed by atoms with Gasteiger partial charge in [0.1, 0.15) is 6.61 Å². The zero-order valence-electron chi connectivity index (χ0n) is 35.7. The summed E-state index contributed by atoms with van der Waals surface area (Å²) in [5, 5.41) is 10.2. The Hall–Kier alpha value is -2.14. The van der Waals surface area contributed by atoms with E-state index in [1.54, 1.807) is 12.2 Å². The number of aliphatic hydroxyl groups is 1. The highest BCUT2D eigenvalue weighted by atomic mass is 31.2. The number of esters is 2. The van der Waals surface area contributed by atoms with Crippen molar-refractivity contribution in [3.8, 4) is 0 Å². The fourth-order valence-corrected chi connectivity index (χ4v) is 7.57. The third kappa shape index (κ3) is 30.5. The van der Waals surface area contributed by atoms with Crippen LogP contribution >= 0.6 is 7.82 Å². The number of hydrogen-bond acceptors (Lipinski definition) is 10. The van der Waals surface area contributed by atoms with Crippen LogP contribution in [0.3, 0.4) is 0 Å². The summed E-state index contributed by atoms with van der Waals surface area (Å²) in [6.07, 6.45) is 36.6. The Bertz CT molecular complexity index is 1170. The molecule has 1 aliphatic rings. The van der Waals surface area contributed by atoms with Crippen LogP contribution in [0.2, 0.25) is 0 Å². The lowest BCUT2D eigenvalue weighted by Gasteiger charge is -2.19. The molecule has 57 heavy (non-hydrogen) atoms. The molecule has 1 rings (SSSR count). The Kier molecular flexibility index (Phi) is 33.2. The zero-order chi connectivity index (χ0) is 41.8. The minimum Gasteiger partial charge on any atom is -0.462 e. The second kappa shape index (κ2) is 35.8. The minimum absolute atomic E-state index is 0.0199. The van der Waals surface area contributed by atoms with Gasteiger partial charge in [-0.15, -0.1) is 0 Å². The molecule has 330 valence electrons. The van der Waals surface area contributed by atoms with Crippen LogP contribution in [0.4, 0.5) is 0 Å². The SMILES string of the molecule is CCCCCCCCCCCCCCCCCCCC(=O)OC[C@H](COP(=O)(O)OCCN)OC(=O)CCC/C=C\C[C@H]1C=CC(=O)[C@@H]1/C=C/[C@@H](O)CCCCC. The molecule has 12 heteroatoms. The molecule has 0 saturated heterocycles. The summed E-state index contributed by atoms with van der Waals surface area (Å²) in [7, 11) is -4.43. The first kappa shape index (κ1) is 52.9. The maximum atomic E-state index is 12.7. The highest BCUT2D eigenvalue weighted by molar-refractivity contribution is 7.47. The topological polar surface area (TPSA) is 172 Å². The number of rotatable bonds is 39. The van der Waals surface area contributed by atoms with Gasteiger partial charge in [0.2, 0.25) is 0 Å². The maximum absolute atomic E-state index is 12.7. The van der Waals surface area contributed by atoms with E-state index in [1.165, 1.54) is 83.5 Å². The molecular weight excluding hydrogens is 745 g/mol. The summed E-state index contributed by atoms with van der Waals surface area (Å²) in [6, 6.07) is 0. The number of phosphoric acid groups is 1. The van der Waals surface area contributed by atoms with E-state index >= 15 is 0 Å². The average Bonchev–Trinajstić information content (AvgIpc) is 3.54. The van der Waals surface area contributed by atoms with Gasteiger partial charge < -0.3 is 25.2 Å². The Morgan fingerprint density at radius 2 is 1.33 bits per heavy atom. The van der Waals surface area contributed by atoms with Gasteiger partial charge in [0.05, 0.1) is 19.3 Å². The number of ketones is 1. The van der Waals surface area contributed by atoms with Crippen LogP contribution in [0.5, 0.6) is 0 Å². The first-order chi connectivity index (χ1) is 27.6. The summed E-state index contributed by atoms with van der Waals surface area (Å²) in [5.74, 6) is -1.20. The van der Waals surface area contributed by atoms with Crippen LogP contribution in [0.15, 0.2) is 36.5 Å². The molecule has 1 aliphatic carbocycles. The predicted octanol–water partition coefficient (Wildman–Crippen LogP) is 10.6. The van der Waals surface area contributed by atoms with Gasteiger partial charge in [0, 0.05) is 25.3 Å². The van der Waals surface area contributed by atoms with Gasteiger partial charge in [-0.3, -0.25) is 23.4 Å². The van der Waals surface area contributed by atoms with E-state index in [0.717, 1.165) is 38.5 Å². The molecule has 0 amide bonds. The van der Waals surface area contributed by atoms with E-state index < -0.39 is 38.6 Å². The molecule has 1 unspecified atom stereocenters. The van der Waals surface area contributed by atoms with Crippen LogP contribution in [0.1, 0.15) is 181 Å². The van der Waals surface area contributed by atoms with Crippen molar-refractivity contribution >= 4 is 25.5 Å². The molecule has 11 nitrogen and oxygen atoms in total. The number of nitrogens with two attached hydrogens (primary N) is 1. The highest BCUT2D eigenvalue weighted by Crippen LogP contribution is 2.43. The van der Waals surface area contributed by atoms with E-state index in [1.807, 2.05) is 24.3 Å². The molecule has 0 radical (unpaired) electrons. The Morgan fingerprint density at radius 3 is 1.93 bits per heavy atom. The van der Waals surface area contributed by atoms with Crippen LogP contribution in [-0.2, 0) is 37.5 Å². The third-order valence-electron chi connectivity index (χ3n) is 10.3. The van der Waals surface area contributed by atoms with E-state index in [9.17, 15) is 28.9 Å². The first-order valence-corrected chi connectivity index (χ1v) is 24.0. The maximum Gasteiger partial charge on any atom is 0.472 e. The normalized spacial score (nSPS) is 17.7. The van der Waals surface area contributed by atoms with Gasteiger partial charge in [-0.1, -0.05) is 166 Å². The highest BCUT2D eigenvalue weighted by Gasteiger charge is 2.27. The van der Waals surface area contributed by atoms with Crippen LogP contribution < -0.4 is 5.73 Å². The van der Waals surface area contributed by atoms with Crippen molar-refractivity contribution in [2.75, 3.05) is 26.4 Å². The molecule has 0 spiro atoms. The van der Waals surface area contributed by atoms with Crippen molar-refractivity contribution in [3.63, 3.8) is 0 Å². The van der Waals surface area contributed by atoms with Crippen LogP contribution in [0, 0.1) is 11.8 Å². The number of carbonyl (C=O) groups is 3. The van der Waals surface area contributed by atoms with Gasteiger partial charge in [0.25, 0.3) is 0 Å². The van der Waals surface area contributed by atoms with Crippen LogP contribution in [0.25, 0.3) is 0 Å². The molecule has 0 aliphatic heterocycles. The molecule has 0 heterocycles.